The van der Waals surface area contributed by atoms with Crippen LogP contribution in [0.5, 0.6) is 0 Å². The minimum atomic E-state index is -3.67. The van der Waals surface area contributed by atoms with Crippen molar-refractivity contribution < 1.29 is 13.5 Å². The lowest BCUT2D eigenvalue weighted by Gasteiger charge is -2.06. The number of halogens is 1. The zero-order chi connectivity index (χ0) is 12.9. The molecule has 3 N–H and O–H groups in total. The van der Waals surface area contributed by atoms with Crippen molar-refractivity contribution in [1.82, 2.24) is 9.71 Å². The SMILES string of the molecule is O=c1[nH]cc(S(=O)(=O)NCCCCO)cc1Cl. The molecule has 8 heteroatoms. The summed E-state index contributed by atoms with van der Waals surface area (Å²) in [5.41, 5.74) is -0.536. The topological polar surface area (TPSA) is 99.3 Å². The number of rotatable bonds is 6. The largest absolute Gasteiger partial charge is 0.396 e. The van der Waals surface area contributed by atoms with Gasteiger partial charge in [0.1, 0.15) is 5.02 Å². The molecule has 1 heterocycles. The number of aromatic amines is 1. The van der Waals surface area contributed by atoms with Crippen molar-refractivity contribution in [3.05, 3.63) is 27.6 Å². The van der Waals surface area contributed by atoms with Crippen LogP contribution in [-0.4, -0.2) is 31.7 Å². The smallest absolute Gasteiger partial charge is 0.266 e. The van der Waals surface area contributed by atoms with Crippen LogP contribution in [0.1, 0.15) is 12.8 Å². The van der Waals surface area contributed by atoms with Gasteiger partial charge in [-0.1, -0.05) is 11.6 Å². The summed E-state index contributed by atoms with van der Waals surface area (Å²) in [6, 6.07) is 1.09. The molecule has 0 bridgehead atoms. The molecule has 1 aromatic heterocycles. The van der Waals surface area contributed by atoms with E-state index in [1.54, 1.807) is 0 Å². The van der Waals surface area contributed by atoms with E-state index < -0.39 is 15.6 Å². The molecule has 0 spiro atoms. The third-order valence-electron chi connectivity index (χ3n) is 2.02. The van der Waals surface area contributed by atoms with Crippen LogP contribution in [0.3, 0.4) is 0 Å². The van der Waals surface area contributed by atoms with Gasteiger partial charge >= 0.3 is 0 Å². The highest BCUT2D eigenvalue weighted by Gasteiger charge is 2.14. The number of hydrogen-bond donors (Lipinski definition) is 3. The molecule has 0 saturated heterocycles. The van der Waals surface area contributed by atoms with Crippen LogP contribution in [0.2, 0.25) is 5.02 Å². The summed E-state index contributed by atoms with van der Waals surface area (Å²) >= 11 is 5.53. The number of sulfonamides is 1. The second kappa shape index (κ2) is 6.15. The van der Waals surface area contributed by atoms with Gasteiger partial charge in [0.05, 0.1) is 4.90 Å². The van der Waals surface area contributed by atoms with Crippen molar-refractivity contribution in [3.8, 4) is 0 Å². The second-order valence-corrected chi connectivity index (χ2v) is 5.52. The number of pyridine rings is 1. The van der Waals surface area contributed by atoms with E-state index in [2.05, 4.69) is 9.71 Å². The Kier molecular flexibility index (Phi) is 5.13. The number of aromatic nitrogens is 1. The van der Waals surface area contributed by atoms with Gasteiger partial charge in [-0.2, -0.15) is 0 Å². The third kappa shape index (κ3) is 4.12. The minimum absolute atomic E-state index is 0.0201. The van der Waals surface area contributed by atoms with Crippen LogP contribution in [-0.2, 0) is 10.0 Å². The lowest BCUT2D eigenvalue weighted by atomic mass is 10.3. The average molecular weight is 281 g/mol. The number of hydrogen-bond acceptors (Lipinski definition) is 4. The highest BCUT2D eigenvalue weighted by atomic mass is 35.5. The molecule has 0 aliphatic heterocycles. The molecule has 0 amide bonds. The van der Waals surface area contributed by atoms with Crippen LogP contribution in [0.4, 0.5) is 0 Å². The summed E-state index contributed by atoms with van der Waals surface area (Å²) < 4.78 is 25.7. The summed E-state index contributed by atoms with van der Waals surface area (Å²) in [6.45, 7) is 0.242. The van der Waals surface area contributed by atoms with Crippen LogP contribution < -0.4 is 10.3 Å². The highest BCUT2D eigenvalue weighted by Crippen LogP contribution is 2.10. The predicted octanol–water partition coefficient (Wildman–Crippen LogP) is 0.0791. The van der Waals surface area contributed by atoms with Gasteiger partial charge in [-0.05, 0) is 18.9 Å². The quantitative estimate of drug-likeness (QED) is 0.643. The van der Waals surface area contributed by atoms with E-state index in [-0.39, 0.29) is 23.1 Å². The van der Waals surface area contributed by atoms with Gasteiger partial charge in [0.25, 0.3) is 5.56 Å². The van der Waals surface area contributed by atoms with Crippen molar-refractivity contribution in [2.24, 2.45) is 0 Å². The molecule has 0 fully saturated rings. The summed E-state index contributed by atoms with van der Waals surface area (Å²) in [7, 11) is -3.67. The molecule has 96 valence electrons. The third-order valence-corrected chi connectivity index (χ3v) is 3.74. The van der Waals surface area contributed by atoms with Crippen molar-refractivity contribution in [2.75, 3.05) is 13.2 Å². The van der Waals surface area contributed by atoms with E-state index in [1.165, 1.54) is 0 Å². The maximum absolute atomic E-state index is 11.7. The Hall–Kier alpha value is -0.890. The zero-order valence-electron chi connectivity index (χ0n) is 8.94. The van der Waals surface area contributed by atoms with Crippen LogP contribution in [0, 0.1) is 0 Å². The van der Waals surface area contributed by atoms with E-state index in [1.807, 2.05) is 0 Å². The summed E-state index contributed by atoms with van der Waals surface area (Å²) in [6.07, 6.45) is 2.14. The maximum Gasteiger partial charge on any atom is 0.266 e. The Morgan fingerprint density at radius 3 is 2.71 bits per heavy atom. The fraction of sp³-hybridized carbons (Fsp3) is 0.444. The fourth-order valence-corrected chi connectivity index (χ4v) is 2.42. The van der Waals surface area contributed by atoms with E-state index >= 15 is 0 Å². The normalized spacial score (nSPS) is 11.6. The first-order valence-electron chi connectivity index (χ1n) is 4.96. The molecule has 1 aromatic rings. The highest BCUT2D eigenvalue weighted by molar-refractivity contribution is 7.89. The fourth-order valence-electron chi connectivity index (χ4n) is 1.12. The van der Waals surface area contributed by atoms with E-state index in [4.69, 9.17) is 16.7 Å². The molecule has 0 saturated carbocycles. The Morgan fingerprint density at radius 1 is 1.41 bits per heavy atom. The van der Waals surface area contributed by atoms with Crippen LogP contribution >= 0.6 is 11.6 Å². The van der Waals surface area contributed by atoms with Gasteiger partial charge in [-0.15, -0.1) is 0 Å². The Labute approximate surface area is 104 Å². The first-order chi connectivity index (χ1) is 7.97. The lowest BCUT2D eigenvalue weighted by Crippen LogP contribution is -2.25. The first-order valence-corrected chi connectivity index (χ1v) is 6.82. The maximum atomic E-state index is 11.7. The number of aliphatic hydroxyl groups is 1. The molecule has 1 rings (SSSR count). The number of nitrogens with one attached hydrogen (secondary N) is 2. The van der Waals surface area contributed by atoms with E-state index in [0.29, 0.717) is 12.8 Å². The van der Waals surface area contributed by atoms with Gasteiger partial charge < -0.3 is 10.1 Å². The molecule has 0 atom stereocenters. The lowest BCUT2D eigenvalue weighted by molar-refractivity contribution is 0.285. The predicted molar refractivity (Wildman–Crippen MR) is 63.6 cm³/mol. The van der Waals surface area contributed by atoms with Gasteiger partial charge in [0, 0.05) is 19.3 Å². The summed E-state index contributed by atoms with van der Waals surface area (Å²) in [5.74, 6) is 0. The Morgan fingerprint density at radius 2 is 2.12 bits per heavy atom. The summed E-state index contributed by atoms with van der Waals surface area (Å²) in [4.78, 5) is 13.1. The number of aliphatic hydroxyl groups excluding tert-OH is 1. The Balaban J connectivity index is 2.76. The standard InChI is InChI=1S/C9H13ClN2O4S/c10-8-5-7(6-11-9(8)14)17(15,16)12-3-1-2-4-13/h5-6,12-13H,1-4H2,(H,11,14). The van der Waals surface area contributed by atoms with Gasteiger partial charge in [0.15, 0.2) is 0 Å². The van der Waals surface area contributed by atoms with Gasteiger partial charge in [0.2, 0.25) is 10.0 Å². The van der Waals surface area contributed by atoms with Crippen molar-refractivity contribution in [1.29, 1.82) is 0 Å². The molecular weight excluding hydrogens is 268 g/mol. The molecule has 17 heavy (non-hydrogen) atoms. The van der Waals surface area contributed by atoms with Gasteiger partial charge in [-0.25, -0.2) is 13.1 Å². The summed E-state index contributed by atoms with van der Waals surface area (Å²) in [5, 5.41) is 8.37. The van der Waals surface area contributed by atoms with Gasteiger partial charge in [-0.3, -0.25) is 4.79 Å². The van der Waals surface area contributed by atoms with Crippen molar-refractivity contribution in [3.63, 3.8) is 0 Å². The number of H-pyrrole nitrogens is 1. The monoisotopic (exact) mass is 280 g/mol. The molecule has 0 aromatic carbocycles. The molecular formula is C9H13ClN2O4S. The van der Waals surface area contributed by atoms with Crippen molar-refractivity contribution >= 4 is 21.6 Å². The zero-order valence-corrected chi connectivity index (χ0v) is 10.5. The molecule has 0 unspecified atom stereocenters. The average Bonchev–Trinajstić information content (AvgIpc) is 2.28. The van der Waals surface area contributed by atoms with Crippen LogP contribution in [0.15, 0.2) is 22.0 Å². The molecule has 0 aliphatic rings. The van der Waals surface area contributed by atoms with E-state index in [0.717, 1.165) is 12.3 Å². The number of unbranched alkanes of at least 4 members (excludes halogenated alkanes) is 1. The minimum Gasteiger partial charge on any atom is -0.396 e. The molecule has 0 aliphatic carbocycles. The second-order valence-electron chi connectivity index (χ2n) is 3.34. The van der Waals surface area contributed by atoms with Crippen LogP contribution in [0.25, 0.3) is 0 Å². The first kappa shape index (κ1) is 14.2. The Bertz CT molecular complexity index is 526. The molecule has 0 radical (unpaired) electrons. The molecule has 6 nitrogen and oxygen atoms in total. The van der Waals surface area contributed by atoms with Crippen molar-refractivity contribution in [2.45, 2.75) is 17.7 Å². The van der Waals surface area contributed by atoms with E-state index in [9.17, 15) is 13.2 Å².